The van der Waals surface area contributed by atoms with Gasteiger partial charge in [0.1, 0.15) is 0 Å². The van der Waals surface area contributed by atoms with Gasteiger partial charge in [-0.05, 0) is 18.9 Å². The van der Waals surface area contributed by atoms with Crippen molar-refractivity contribution in [3.05, 3.63) is 0 Å². The molecule has 0 saturated carbocycles. The van der Waals surface area contributed by atoms with E-state index in [0.29, 0.717) is 0 Å². The van der Waals surface area contributed by atoms with Crippen LogP contribution in [0.4, 0.5) is 0 Å². The fraction of sp³-hybridized carbons (Fsp3) is 1.00. The van der Waals surface area contributed by atoms with Crippen molar-refractivity contribution in [1.29, 1.82) is 0 Å². The maximum atomic E-state index is 3.36. The molecule has 46 valence electrons. The van der Waals surface area contributed by atoms with Crippen LogP contribution in [0, 0.1) is 5.92 Å². The first-order chi connectivity index (χ1) is 3.95. The summed E-state index contributed by atoms with van der Waals surface area (Å²) < 4.78 is 0. The van der Waals surface area contributed by atoms with E-state index < -0.39 is 0 Å². The van der Waals surface area contributed by atoms with Gasteiger partial charge in [0.2, 0.25) is 0 Å². The van der Waals surface area contributed by atoms with Crippen molar-refractivity contribution in [2.45, 2.75) is 6.42 Å². The minimum absolute atomic E-state index is 1.03. The molecule has 2 nitrogen and oxygen atoms in total. The highest BCUT2D eigenvalue weighted by Gasteiger charge is 2.27. The highest BCUT2D eigenvalue weighted by atomic mass is 15.3. The van der Waals surface area contributed by atoms with E-state index in [1.165, 1.54) is 26.1 Å². The van der Waals surface area contributed by atoms with Gasteiger partial charge in [-0.15, -0.1) is 0 Å². The van der Waals surface area contributed by atoms with Crippen LogP contribution in [0.1, 0.15) is 6.42 Å². The van der Waals surface area contributed by atoms with Crippen molar-refractivity contribution >= 4 is 0 Å². The first-order valence-corrected chi connectivity index (χ1v) is 3.38. The molecular weight excluding hydrogens is 100 g/mol. The quantitative estimate of drug-likeness (QED) is 0.469. The van der Waals surface area contributed by atoms with Gasteiger partial charge in [0.25, 0.3) is 0 Å². The Bertz CT molecular complexity index is 71.0. The molecule has 2 heteroatoms. The van der Waals surface area contributed by atoms with Crippen LogP contribution in [0.15, 0.2) is 0 Å². The number of hydrogen-bond acceptors (Lipinski definition) is 2. The molecule has 0 aromatic heterocycles. The molecule has 3 heterocycles. The van der Waals surface area contributed by atoms with E-state index in [4.69, 9.17) is 0 Å². The molecule has 0 unspecified atom stereocenters. The van der Waals surface area contributed by atoms with Crippen LogP contribution in [-0.4, -0.2) is 31.2 Å². The van der Waals surface area contributed by atoms with Crippen molar-refractivity contribution in [3.63, 3.8) is 0 Å². The summed E-state index contributed by atoms with van der Waals surface area (Å²) in [6.07, 6.45) is 1.40. The normalized spacial score (nSPS) is 45.0. The SMILES string of the molecule is C1CC2CN(CN1)C2. The topological polar surface area (TPSA) is 15.3 Å². The third-order valence-corrected chi connectivity index (χ3v) is 2.10. The van der Waals surface area contributed by atoms with Gasteiger partial charge >= 0.3 is 0 Å². The molecule has 0 aromatic rings. The highest BCUT2D eigenvalue weighted by molar-refractivity contribution is 4.82. The summed E-state index contributed by atoms with van der Waals surface area (Å²) in [7, 11) is 0. The van der Waals surface area contributed by atoms with E-state index in [1.807, 2.05) is 0 Å². The number of nitrogens with one attached hydrogen (secondary N) is 1. The second-order valence-electron chi connectivity index (χ2n) is 2.85. The van der Waals surface area contributed by atoms with Gasteiger partial charge in [0, 0.05) is 19.8 Å². The lowest BCUT2D eigenvalue weighted by molar-refractivity contribution is 0.115. The summed E-state index contributed by atoms with van der Waals surface area (Å²) in [6, 6.07) is 0. The summed E-state index contributed by atoms with van der Waals surface area (Å²) in [5.41, 5.74) is 0. The van der Waals surface area contributed by atoms with E-state index in [-0.39, 0.29) is 0 Å². The predicted molar refractivity (Wildman–Crippen MR) is 32.5 cm³/mol. The molecule has 8 heavy (non-hydrogen) atoms. The summed E-state index contributed by atoms with van der Waals surface area (Å²) in [4.78, 5) is 2.46. The standard InChI is InChI=1S/C6H12N2/c1-2-7-5-8-3-6(1)4-8/h6-7H,1-5H2. The third-order valence-electron chi connectivity index (χ3n) is 2.10. The molecule has 3 aliphatic heterocycles. The van der Waals surface area contributed by atoms with E-state index in [2.05, 4.69) is 10.2 Å². The van der Waals surface area contributed by atoms with Gasteiger partial charge in [-0.25, -0.2) is 0 Å². The number of rotatable bonds is 0. The summed E-state index contributed by atoms with van der Waals surface area (Å²) >= 11 is 0. The summed E-state index contributed by atoms with van der Waals surface area (Å²) in [5, 5.41) is 3.36. The van der Waals surface area contributed by atoms with E-state index in [9.17, 15) is 0 Å². The van der Waals surface area contributed by atoms with Crippen LogP contribution in [0.25, 0.3) is 0 Å². The van der Waals surface area contributed by atoms with Gasteiger partial charge in [0.15, 0.2) is 0 Å². The van der Waals surface area contributed by atoms with Crippen molar-refractivity contribution in [3.8, 4) is 0 Å². The van der Waals surface area contributed by atoms with E-state index in [1.54, 1.807) is 0 Å². The summed E-state index contributed by atoms with van der Waals surface area (Å²) in [5.74, 6) is 1.03. The Kier molecular flexibility index (Phi) is 1.02. The Hall–Kier alpha value is -0.0800. The monoisotopic (exact) mass is 112 g/mol. The minimum atomic E-state index is 1.03. The zero-order chi connectivity index (χ0) is 5.40. The molecule has 0 radical (unpaired) electrons. The van der Waals surface area contributed by atoms with Gasteiger partial charge in [0.05, 0.1) is 0 Å². The largest absolute Gasteiger partial charge is 0.304 e. The number of nitrogens with zero attached hydrogens (tertiary/aromatic N) is 1. The lowest BCUT2D eigenvalue weighted by Crippen LogP contribution is -2.46. The van der Waals surface area contributed by atoms with Crippen molar-refractivity contribution in [1.82, 2.24) is 10.2 Å². The fourth-order valence-corrected chi connectivity index (χ4v) is 1.53. The molecule has 0 amide bonds. The van der Waals surface area contributed by atoms with Gasteiger partial charge < -0.3 is 5.32 Å². The van der Waals surface area contributed by atoms with Gasteiger partial charge in [-0.3, -0.25) is 4.90 Å². The average Bonchev–Trinajstić information content (AvgIpc) is 1.89. The molecular formula is C6H12N2. The lowest BCUT2D eigenvalue weighted by Gasteiger charge is -2.35. The molecule has 3 saturated heterocycles. The molecule has 3 aliphatic rings. The predicted octanol–water partition coefficient (Wildman–Crippen LogP) is -0.131. The average molecular weight is 112 g/mol. The molecule has 3 fully saturated rings. The fourth-order valence-electron chi connectivity index (χ4n) is 1.53. The smallest absolute Gasteiger partial charge is 0.0480 e. The molecule has 0 aliphatic carbocycles. The summed E-state index contributed by atoms with van der Waals surface area (Å²) in [6.45, 7) is 5.08. The van der Waals surface area contributed by atoms with Crippen LogP contribution < -0.4 is 5.32 Å². The van der Waals surface area contributed by atoms with E-state index in [0.717, 1.165) is 12.6 Å². The van der Waals surface area contributed by atoms with E-state index >= 15 is 0 Å². The molecule has 0 atom stereocenters. The first-order valence-electron chi connectivity index (χ1n) is 3.38. The Labute approximate surface area is 49.9 Å². The maximum absolute atomic E-state index is 3.36. The zero-order valence-corrected chi connectivity index (χ0v) is 5.06. The van der Waals surface area contributed by atoms with Crippen LogP contribution in [0.3, 0.4) is 0 Å². The Morgan fingerprint density at radius 3 is 3.12 bits per heavy atom. The van der Waals surface area contributed by atoms with Crippen LogP contribution in [0.2, 0.25) is 0 Å². The Morgan fingerprint density at radius 1 is 1.38 bits per heavy atom. The van der Waals surface area contributed by atoms with Crippen LogP contribution in [-0.2, 0) is 0 Å². The molecule has 0 aromatic carbocycles. The van der Waals surface area contributed by atoms with Crippen molar-refractivity contribution in [2.24, 2.45) is 5.92 Å². The Balaban J connectivity index is 1.95. The number of fused-ring (bicyclic) bond motifs is 3. The van der Waals surface area contributed by atoms with Crippen LogP contribution >= 0.6 is 0 Å². The Morgan fingerprint density at radius 2 is 2.25 bits per heavy atom. The first kappa shape index (κ1) is 4.77. The molecule has 2 bridgehead atoms. The van der Waals surface area contributed by atoms with Gasteiger partial charge in [-0.2, -0.15) is 0 Å². The molecule has 3 rings (SSSR count). The molecule has 1 N–H and O–H groups in total. The van der Waals surface area contributed by atoms with Crippen molar-refractivity contribution in [2.75, 3.05) is 26.3 Å². The lowest BCUT2D eigenvalue weighted by atomic mass is 9.98. The van der Waals surface area contributed by atoms with Crippen LogP contribution in [0.5, 0.6) is 0 Å². The number of hydrogen-bond donors (Lipinski definition) is 1. The van der Waals surface area contributed by atoms with Crippen molar-refractivity contribution < 1.29 is 0 Å². The van der Waals surface area contributed by atoms with Gasteiger partial charge in [-0.1, -0.05) is 0 Å². The third kappa shape index (κ3) is 0.644. The second-order valence-corrected chi connectivity index (χ2v) is 2.85. The highest BCUT2D eigenvalue weighted by Crippen LogP contribution is 2.19. The zero-order valence-electron chi connectivity index (χ0n) is 5.06. The second kappa shape index (κ2) is 1.71. The minimum Gasteiger partial charge on any atom is -0.304 e. The maximum Gasteiger partial charge on any atom is 0.0480 e. The molecule has 0 spiro atoms.